The summed E-state index contributed by atoms with van der Waals surface area (Å²) in [7, 11) is 1.89. The number of fused-ring (bicyclic) bond motifs is 1. The maximum Gasteiger partial charge on any atom is 0.169 e. The fourth-order valence-corrected chi connectivity index (χ4v) is 5.12. The fraction of sp³-hybridized carbons (Fsp3) is 0.346. The van der Waals surface area contributed by atoms with Crippen LogP contribution in [0.2, 0.25) is 0 Å². The highest BCUT2D eigenvalue weighted by molar-refractivity contribution is 5.98. The highest BCUT2D eigenvalue weighted by Gasteiger charge is 2.43. The van der Waals surface area contributed by atoms with Crippen molar-refractivity contribution < 1.29 is 4.79 Å². The van der Waals surface area contributed by atoms with E-state index in [1.165, 1.54) is 12.8 Å². The molecule has 2 fully saturated rings. The maximum atomic E-state index is 13.1. The van der Waals surface area contributed by atoms with Crippen LogP contribution in [-0.2, 0) is 13.5 Å². The molecule has 2 saturated heterocycles. The van der Waals surface area contributed by atoms with Crippen LogP contribution in [0.5, 0.6) is 0 Å². The number of piperidine rings is 1. The number of rotatable bonds is 5. The lowest BCUT2D eigenvalue weighted by Crippen LogP contribution is -2.60. The molecule has 0 aliphatic carbocycles. The number of carbonyl (C=O) groups is 1. The molecule has 2 aliphatic rings. The SMILES string of the molecule is Cn1cc(-c2cc3cc(CC(=O)c4ccnc(N5CC6(CCNCC6)C5)c4)ncc3cn2)cn1. The molecular weight excluding hydrogens is 426 g/mol. The Hall–Kier alpha value is -3.65. The average Bonchev–Trinajstić information content (AvgIpc) is 3.29. The van der Waals surface area contributed by atoms with E-state index in [2.05, 4.69) is 30.3 Å². The number of anilines is 1. The molecule has 0 atom stereocenters. The zero-order valence-electron chi connectivity index (χ0n) is 19.2. The Kier molecular flexibility index (Phi) is 5.10. The van der Waals surface area contributed by atoms with Crippen molar-refractivity contribution in [2.75, 3.05) is 31.1 Å². The first-order valence-corrected chi connectivity index (χ1v) is 11.8. The van der Waals surface area contributed by atoms with E-state index >= 15 is 0 Å². The second-order valence-corrected chi connectivity index (χ2v) is 9.60. The largest absolute Gasteiger partial charge is 0.355 e. The van der Waals surface area contributed by atoms with Gasteiger partial charge in [0, 0.05) is 72.5 Å². The number of Topliss-reactive ketones (excluding diaryl/α,β-unsaturated/α-hetero) is 1. The molecule has 4 aromatic heterocycles. The summed E-state index contributed by atoms with van der Waals surface area (Å²) in [6.07, 6.45) is 11.8. The topological polar surface area (TPSA) is 88.8 Å². The van der Waals surface area contributed by atoms with Crippen molar-refractivity contribution in [3.63, 3.8) is 0 Å². The molecule has 6 heterocycles. The molecular formula is C26H27N7O. The van der Waals surface area contributed by atoms with Crippen molar-refractivity contribution in [2.24, 2.45) is 12.5 Å². The minimum atomic E-state index is 0.0501. The van der Waals surface area contributed by atoms with E-state index < -0.39 is 0 Å². The van der Waals surface area contributed by atoms with Gasteiger partial charge in [0.1, 0.15) is 5.82 Å². The molecule has 6 rings (SSSR count). The molecule has 0 amide bonds. The Bertz CT molecular complexity index is 1360. The maximum absolute atomic E-state index is 13.1. The van der Waals surface area contributed by atoms with Crippen molar-refractivity contribution in [2.45, 2.75) is 19.3 Å². The van der Waals surface area contributed by atoms with Crippen LogP contribution >= 0.6 is 0 Å². The van der Waals surface area contributed by atoms with Crippen molar-refractivity contribution in [1.82, 2.24) is 30.0 Å². The normalized spacial score (nSPS) is 17.1. The first kappa shape index (κ1) is 20.9. The minimum absolute atomic E-state index is 0.0501. The van der Waals surface area contributed by atoms with E-state index in [0.29, 0.717) is 11.0 Å². The quantitative estimate of drug-likeness (QED) is 0.465. The molecule has 172 valence electrons. The number of nitrogens with zero attached hydrogens (tertiary/aromatic N) is 6. The predicted molar refractivity (Wildman–Crippen MR) is 131 cm³/mol. The van der Waals surface area contributed by atoms with Gasteiger partial charge in [-0.2, -0.15) is 5.10 Å². The highest BCUT2D eigenvalue weighted by atomic mass is 16.1. The van der Waals surface area contributed by atoms with Gasteiger partial charge in [-0.25, -0.2) is 4.98 Å². The molecule has 0 saturated carbocycles. The molecule has 4 aromatic rings. The number of nitrogens with one attached hydrogen (secondary N) is 1. The number of aryl methyl sites for hydroxylation is 1. The molecule has 1 N–H and O–H groups in total. The smallest absolute Gasteiger partial charge is 0.169 e. The summed E-state index contributed by atoms with van der Waals surface area (Å²) < 4.78 is 1.76. The van der Waals surface area contributed by atoms with E-state index in [-0.39, 0.29) is 12.2 Å². The molecule has 0 bridgehead atoms. The van der Waals surface area contributed by atoms with E-state index in [1.807, 2.05) is 37.6 Å². The van der Waals surface area contributed by atoms with Gasteiger partial charge in [-0.05, 0) is 55.6 Å². The van der Waals surface area contributed by atoms with Crippen molar-refractivity contribution in [3.8, 4) is 11.3 Å². The zero-order chi connectivity index (χ0) is 23.1. The minimum Gasteiger partial charge on any atom is -0.355 e. The third-order valence-electron chi connectivity index (χ3n) is 7.11. The third kappa shape index (κ3) is 3.94. The summed E-state index contributed by atoms with van der Waals surface area (Å²) in [5.74, 6) is 0.947. The van der Waals surface area contributed by atoms with Gasteiger partial charge in [-0.1, -0.05) is 0 Å². The Morgan fingerprint density at radius 2 is 1.85 bits per heavy atom. The van der Waals surface area contributed by atoms with Crippen molar-refractivity contribution in [3.05, 3.63) is 66.5 Å². The lowest BCUT2D eigenvalue weighted by molar-refractivity contribution is 0.0992. The molecule has 0 radical (unpaired) electrons. The van der Waals surface area contributed by atoms with Gasteiger partial charge in [0.25, 0.3) is 0 Å². The van der Waals surface area contributed by atoms with Gasteiger partial charge >= 0.3 is 0 Å². The molecule has 2 aliphatic heterocycles. The number of hydrogen-bond donors (Lipinski definition) is 1. The number of ketones is 1. The summed E-state index contributed by atoms with van der Waals surface area (Å²) in [6.45, 7) is 4.24. The third-order valence-corrected chi connectivity index (χ3v) is 7.11. The van der Waals surface area contributed by atoms with Crippen LogP contribution in [-0.4, -0.2) is 56.7 Å². The van der Waals surface area contributed by atoms with Crippen LogP contribution in [0.4, 0.5) is 5.82 Å². The fourth-order valence-electron chi connectivity index (χ4n) is 5.12. The monoisotopic (exact) mass is 453 g/mol. The summed E-state index contributed by atoms with van der Waals surface area (Å²) in [5.41, 5.74) is 3.66. The molecule has 0 unspecified atom stereocenters. The number of aromatic nitrogens is 5. The Balaban J connectivity index is 1.18. The van der Waals surface area contributed by atoms with Crippen LogP contribution in [0.15, 0.2) is 55.2 Å². The van der Waals surface area contributed by atoms with E-state index in [9.17, 15) is 4.79 Å². The van der Waals surface area contributed by atoms with Crippen LogP contribution < -0.4 is 10.2 Å². The predicted octanol–water partition coefficient (Wildman–Crippen LogP) is 3.04. The van der Waals surface area contributed by atoms with Gasteiger partial charge < -0.3 is 10.2 Å². The second-order valence-electron chi connectivity index (χ2n) is 9.60. The Labute approximate surface area is 198 Å². The first-order chi connectivity index (χ1) is 16.6. The number of hydrogen-bond acceptors (Lipinski definition) is 7. The lowest BCUT2D eigenvalue weighted by atomic mass is 9.72. The molecule has 0 aromatic carbocycles. The van der Waals surface area contributed by atoms with Crippen LogP contribution in [0, 0.1) is 5.41 Å². The summed E-state index contributed by atoms with van der Waals surface area (Å²) in [4.78, 5) is 29.0. The van der Waals surface area contributed by atoms with Crippen LogP contribution in [0.25, 0.3) is 22.0 Å². The standard InChI is InChI=1S/C26H27N7O/c1-32-15-21(14-31-32)23-9-19-8-22(29-12-20(19)13-30-23)11-24(34)18-2-5-28-25(10-18)33-16-26(17-33)3-6-27-7-4-26/h2,5,8-10,12-15,27H,3-4,6-7,11,16-17H2,1H3. The molecule has 8 heteroatoms. The lowest BCUT2D eigenvalue weighted by Gasteiger charge is -2.53. The summed E-state index contributed by atoms with van der Waals surface area (Å²) in [5, 5.41) is 9.62. The second kappa shape index (κ2) is 8.29. The van der Waals surface area contributed by atoms with E-state index in [4.69, 9.17) is 0 Å². The van der Waals surface area contributed by atoms with Gasteiger partial charge in [0.2, 0.25) is 0 Å². The van der Waals surface area contributed by atoms with Crippen molar-refractivity contribution in [1.29, 1.82) is 0 Å². The number of carbonyl (C=O) groups excluding carboxylic acids is 1. The molecule has 8 nitrogen and oxygen atoms in total. The van der Waals surface area contributed by atoms with Crippen molar-refractivity contribution >= 4 is 22.4 Å². The highest BCUT2D eigenvalue weighted by Crippen LogP contribution is 2.40. The van der Waals surface area contributed by atoms with E-state index in [1.54, 1.807) is 29.3 Å². The Morgan fingerprint density at radius 1 is 1.03 bits per heavy atom. The Morgan fingerprint density at radius 3 is 2.65 bits per heavy atom. The average molecular weight is 454 g/mol. The van der Waals surface area contributed by atoms with Crippen LogP contribution in [0.3, 0.4) is 0 Å². The number of pyridine rings is 3. The molecule has 1 spiro atoms. The van der Waals surface area contributed by atoms with Crippen LogP contribution in [0.1, 0.15) is 28.9 Å². The summed E-state index contributed by atoms with van der Waals surface area (Å²) in [6, 6.07) is 7.74. The zero-order valence-corrected chi connectivity index (χ0v) is 19.2. The van der Waals surface area contributed by atoms with Gasteiger partial charge in [0.05, 0.1) is 18.3 Å². The van der Waals surface area contributed by atoms with Gasteiger partial charge in [-0.3, -0.25) is 19.4 Å². The van der Waals surface area contributed by atoms with Gasteiger partial charge in [0.15, 0.2) is 5.78 Å². The molecule has 34 heavy (non-hydrogen) atoms. The summed E-state index contributed by atoms with van der Waals surface area (Å²) >= 11 is 0. The van der Waals surface area contributed by atoms with E-state index in [0.717, 1.165) is 59.7 Å². The van der Waals surface area contributed by atoms with Gasteiger partial charge in [-0.15, -0.1) is 0 Å². The first-order valence-electron chi connectivity index (χ1n) is 11.8.